The van der Waals surface area contributed by atoms with E-state index >= 15 is 0 Å². The molecule has 0 bridgehead atoms. The van der Waals surface area contributed by atoms with Crippen LogP contribution in [-0.2, 0) is 25.3 Å². The van der Waals surface area contributed by atoms with Gasteiger partial charge in [-0.1, -0.05) is 30.7 Å². The van der Waals surface area contributed by atoms with Crippen LogP contribution in [-0.4, -0.2) is 30.8 Å². The summed E-state index contributed by atoms with van der Waals surface area (Å²) < 4.78 is 3.47. The molecule has 172 valence electrons. The largest absolute Gasteiger partial charge is 0.332 e. The maximum absolute atomic E-state index is 13.0. The zero-order valence-electron chi connectivity index (χ0n) is 19.0. The summed E-state index contributed by atoms with van der Waals surface area (Å²) in [5, 5.41) is 3.79. The molecule has 3 aromatic heterocycles. The first-order chi connectivity index (χ1) is 15.8. The number of hydrogen-bond acceptors (Lipinski definition) is 7. The van der Waals surface area contributed by atoms with Crippen LogP contribution < -0.4 is 16.6 Å². The van der Waals surface area contributed by atoms with Crippen molar-refractivity contribution >= 4 is 55.4 Å². The first-order valence-corrected chi connectivity index (χ1v) is 12.5. The number of rotatable bonds is 7. The van der Waals surface area contributed by atoms with Gasteiger partial charge in [0.25, 0.3) is 5.56 Å². The summed E-state index contributed by atoms with van der Waals surface area (Å²) in [4.78, 5) is 47.7. The molecule has 4 rings (SSSR count). The predicted molar refractivity (Wildman–Crippen MR) is 135 cm³/mol. The number of aryl methyl sites for hydroxylation is 3. The van der Waals surface area contributed by atoms with Gasteiger partial charge in [-0.3, -0.25) is 18.7 Å². The molecule has 4 aromatic rings. The Balaban J connectivity index is 1.65. The Morgan fingerprint density at radius 2 is 2.00 bits per heavy atom. The SMILES string of the molecule is CCCCc1cnc2c(c1SCC(=O)Nc1nc3ccc(C)cc3s1)c(=O)n(C)c(=O)n2C. The molecule has 8 nitrogen and oxygen atoms in total. The van der Waals surface area contributed by atoms with Crippen molar-refractivity contribution in [2.45, 2.75) is 38.0 Å². The maximum atomic E-state index is 13.0. The maximum Gasteiger partial charge on any atom is 0.332 e. The summed E-state index contributed by atoms with van der Waals surface area (Å²) in [7, 11) is 3.05. The van der Waals surface area contributed by atoms with Crippen molar-refractivity contribution in [3.8, 4) is 0 Å². The Labute approximate surface area is 198 Å². The Morgan fingerprint density at radius 3 is 2.76 bits per heavy atom. The van der Waals surface area contributed by atoms with Gasteiger partial charge in [-0.15, -0.1) is 11.8 Å². The van der Waals surface area contributed by atoms with Crippen molar-refractivity contribution in [3.63, 3.8) is 0 Å². The van der Waals surface area contributed by atoms with E-state index in [1.807, 2.05) is 25.1 Å². The normalized spacial score (nSPS) is 11.4. The van der Waals surface area contributed by atoms with E-state index in [1.54, 1.807) is 13.2 Å². The van der Waals surface area contributed by atoms with Crippen LogP contribution >= 0.6 is 23.1 Å². The van der Waals surface area contributed by atoms with E-state index in [1.165, 1.54) is 34.7 Å². The topological polar surface area (TPSA) is 98.9 Å². The minimum Gasteiger partial charge on any atom is -0.301 e. The fourth-order valence-corrected chi connectivity index (χ4v) is 5.62. The molecule has 0 aliphatic rings. The molecule has 0 aliphatic heterocycles. The average Bonchev–Trinajstić information content (AvgIpc) is 3.19. The molecule has 1 amide bonds. The first kappa shape index (κ1) is 23.2. The van der Waals surface area contributed by atoms with Crippen molar-refractivity contribution in [1.29, 1.82) is 0 Å². The van der Waals surface area contributed by atoms with Gasteiger partial charge in [-0.05, 0) is 43.0 Å². The fraction of sp³-hybridized carbons (Fsp3) is 0.348. The van der Waals surface area contributed by atoms with Crippen molar-refractivity contribution in [2.24, 2.45) is 14.1 Å². The van der Waals surface area contributed by atoms with Crippen LogP contribution in [0.15, 0.2) is 38.9 Å². The lowest BCUT2D eigenvalue weighted by Crippen LogP contribution is -2.37. The van der Waals surface area contributed by atoms with E-state index in [9.17, 15) is 14.4 Å². The second kappa shape index (κ2) is 9.48. The van der Waals surface area contributed by atoms with E-state index < -0.39 is 11.2 Å². The number of pyridine rings is 1. The summed E-state index contributed by atoms with van der Waals surface area (Å²) in [6.45, 7) is 4.11. The molecule has 10 heteroatoms. The summed E-state index contributed by atoms with van der Waals surface area (Å²) in [5.74, 6) is -0.0945. The minimum absolute atomic E-state index is 0.110. The van der Waals surface area contributed by atoms with Crippen molar-refractivity contribution in [2.75, 3.05) is 11.1 Å². The number of aromatic nitrogens is 4. The van der Waals surface area contributed by atoms with Crippen LogP contribution in [0.3, 0.4) is 0 Å². The Bertz CT molecular complexity index is 1490. The Morgan fingerprint density at radius 1 is 1.21 bits per heavy atom. The van der Waals surface area contributed by atoms with Crippen LogP contribution in [0.4, 0.5) is 5.13 Å². The third kappa shape index (κ3) is 4.58. The van der Waals surface area contributed by atoms with Gasteiger partial charge in [0.05, 0.1) is 21.4 Å². The number of nitrogens with zero attached hydrogens (tertiary/aromatic N) is 4. The van der Waals surface area contributed by atoms with Crippen LogP contribution in [0.25, 0.3) is 21.3 Å². The lowest BCUT2D eigenvalue weighted by atomic mass is 10.1. The summed E-state index contributed by atoms with van der Waals surface area (Å²) in [6, 6.07) is 5.97. The minimum atomic E-state index is -0.430. The van der Waals surface area contributed by atoms with E-state index in [-0.39, 0.29) is 11.7 Å². The van der Waals surface area contributed by atoms with Crippen LogP contribution in [0.1, 0.15) is 30.9 Å². The quantitative estimate of drug-likeness (QED) is 0.403. The number of unbranched alkanes of at least 4 members (excludes halogenated alkanes) is 1. The monoisotopic (exact) mass is 483 g/mol. The number of anilines is 1. The standard InChI is InChI=1S/C23H25N5O3S2/c1-5-6-7-14-11-24-20-18(21(30)28(4)23(31)27(20)3)19(14)32-12-17(29)26-22-25-15-9-8-13(2)10-16(15)33-22/h8-11H,5-7,12H2,1-4H3,(H,25,26,29). The highest BCUT2D eigenvalue weighted by Crippen LogP contribution is 2.30. The van der Waals surface area contributed by atoms with Gasteiger partial charge in [-0.2, -0.15) is 0 Å². The number of hydrogen-bond donors (Lipinski definition) is 1. The highest BCUT2D eigenvalue weighted by molar-refractivity contribution is 8.00. The molecule has 1 aromatic carbocycles. The second-order valence-corrected chi connectivity index (χ2v) is 9.96. The molecule has 0 aliphatic carbocycles. The molecule has 0 radical (unpaired) electrons. The molecule has 1 N–H and O–H groups in total. The second-order valence-electron chi connectivity index (χ2n) is 7.95. The van der Waals surface area contributed by atoms with E-state index in [0.29, 0.717) is 21.1 Å². The van der Waals surface area contributed by atoms with Crippen LogP contribution in [0.2, 0.25) is 0 Å². The first-order valence-electron chi connectivity index (χ1n) is 10.7. The van der Waals surface area contributed by atoms with Gasteiger partial charge in [0.15, 0.2) is 5.13 Å². The predicted octanol–water partition coefficient (Wildman–Crippen LogP) is 3.62. The average molecular weight is 484 g/mol. The number of amides is 1. The van der Waals surface area contributed by atoms with E-state index in [4.69, 9.17) is 0 Å². The number of carbonyl (C=O) groups excluding carboxylic acids is 1. The van der Waals surface area contributed by atoms with Crippen LogP contribution in [0, 0.1) is 6.92 Å². The zero-order valence-corrected chi connectivity index (χ0v) is 20.6. The van der Waals surface area contributed by atoms with Gasteiger partial charge in [-0.25, -0.2) is 14.8 Å². The number of carbonyl (C=O) groups is 1. The Hall–Kier alpha value is -2.98. The summed E-state index contributed by atoms with van der Waals surface area (Å²) in [6.07, 6.45) is 4.38. The highest BCUT2D eigenvalue weighted by atomic mass is 32.2. The summed E-state index contributed by atoms with van der Waals surface area (Å²) in [5.41, 5.74) is 2.39. The van der Waals surface area contributed by atoms with Gasteiger partial charge in [0.2, 0.25) is 5.91 Å². The number of nitrogens with one attached hydrogen (secondary N) is 1. The number of fused-ring (bicyclic) bond motifs is 2. The van der Waals surface area contributed by atoms with Gasteiger partial charge >= 0.3 is 5.69 Å². The lowest BCUT2D eigenvalue weighted by Gasteiger charge is -2.14. The van der Waals surface area contributed by atoms with Gasteiger partial charge < -0.3 is 5.32 Å². The third-order valence-electron chi connectivity index (χ3n) is 5.43. The molecular weight excluding hydrogens is 458 g/mol. The van der Waals surface area contributed by atoms with Crippen molar-refractivity contribution in [3.05, 3.63) is 56.4 Å². The number of benzene rings is 1. The molecule has 0 spiro atoms. The Kier molecular flexibility index (Phi) is 6.66. The number of thiazole rings is 1. The van der Waals surface area contributed by atoms with E-state index in [2.05, 4.69) is 22.2 Å². The highest BCUT2D eigenvalue weighted by Gasteiger charge is 2.19. The van der Waals surface area contributed by atoms with Crippen molar-refractivity contribution in [1.82, 2.24) is 19.1 Å². The van der Waals surface area contributed by atoms with Crippen LogP contribution in [0.5, 0.6) is 0 Å². The summed E-state index contributed by atoms with van der Waals surface area (Å²) >= 11 is 2.73. The molecule has 0 atom stereocenters. The van der Waals surface area contributed by atoms with Crippen molar-refractivity contribution < 1.29 is 4.79 Å². The van der Waals surface area contributed by atoms with Gasteiger partial charge in [0.1, 0.15) is 5.65 Å². The molecule has 3 heterocycles. The number of thioether (sulfide) groups is 1. The van der Waals surface area contributed by atoms with E-state index in [0.717, 1.165) is 45.2 Å². The zero-order chi connectivity index (χ0) is 23.7. The molecule has 0 saturated carbocycles. The molecule has 0 saturated heterocycles. The molecule has 0 unspecified atom stereocenters. The fourth-order valence-electron chi connectivity index (χ4n) is 3.63. The third-order valence-corrected chi connectivity index (χ3v) is 7.53. The molecular formula is C23H25N5O3S2. The lowest BCUT2D eigenvalue weighted by molar-refractivity contribution is -0.113. The van der Waals surface area contributed by atoms with Gasteiger partial charge in [0, 0.05) is 25.2 Å². The molecule has 0 fully saturated rings. The smallest absolute Gasteiger partial charge is 0.301 e. The molecule has 33 heavy (non-hydrogen) atoms.